The number of amides is 1. The molecule has 1 unspecified atom stereocenters. The van der Waals surface area contributed by atoms with Crippen LogP contribution in [0, 0.1) is 11.8 Å². The molecule has 1 aliphatic rings. The molecular formula is C13H27N3O. The third-order valence-electron chi connectivity index (χ3n) is 4.00. The second-order valence-electron chi connectivity index (χ2n) is 6.08. The van der Waals surface area contributed by atoms with Gasteiger partial charge in [0.05, 0.1) is 5.92 Å². The lowest BCUT2D eigenvalue weighted by molar-refractivity contribution is -0.141. The summed E-state index contributed by atoms with van der Waals surface area (Å²) in [6.45, 7) is 11.5. The van der Waals surface area contributed by atoms with Gasteiger partial charge in [0, 0.05) is 31.7 Å². The maximum atomic E-state index is 12.4. The zero-order valence-electron chi connectivity index (χ0n) is 11.9. The van der Waals surface area contributed by atoms with Crippen LogP contribution in [0.2, 0.25) is 0 Å². The van der Waals surface area contributed by atoms with Gasteiger partial charge in [-0.15, -0.1) is 0 Å². The third-order valence-corrected chi connectivity index (χ3v) is 4.00. The van der Waals surface area contributed by atoms with Gasteiger partial charge < -0.3 is 10.6 Å². The van der Waals surface area contributed by atoms with Gasteiger partial charge in [0.2, 0.25) is 5.91 Å². The molecule has 0 bridgehead atoms. The van der Waals surface area contributed by atoms with Crippen LogP contribution in [0.25, 0.3) is 0 Å². The van der Waals surface area contributed by atoms with Crippen LogP contribution in [0.5, 0.6) is 0 Å². The summed E-state index contributed by atoms with van der Waals surface area (Å²) >= 11 is 0. The number of hydrogen-bond donors (Lipinski definition) is 1. The number of nitrogens with two attached hydrogens (primary N) is 1. The van der Waals surface area contributed by atoms with Crippen molar-refractivity contribution in [1.82, 2.24) is 9.80 Å². The molecule has 0 aliphatic carbocycles. The van der Waals surface area contributed by atoms with Crippen LogP contribution in [0.15, 0.2) is 0 Å². The quantitative estimate of drug-likeness (QED) is 0.794. The fraction of sp³-hybridized carbons (Fsp3) is 0.923. The van der Waals surface area contributed by atoms with Crippen LogP contribution < -0.4 is 5.73 Å². The zero-order chi connectivity index (χ0) is 13.2. The summed E-state index contributed by atoms with van der Waals surface area (Å²) in [7, 11) is 2.12. The standard InChI is InChI=1S/C13H27N3O/c1-10(2)11(8-14)12(17)16-7-6-15(5)13(3,4)9-16/h10-11H,6-9,14H2,1-5H3. The molecule has 0 aromatic rings. The minimum atomic E-state index is -0.0331. The molecule has 0 saturated carbocycles. The van der Waals surface area contributed by atoms with E-state index in [1.165, 1.54) is 0 Å². The van der Waals surface area contributed by atoms with E-state index in [-0.39, 0.29) is 17.4 Å². The number of rotatable bonds is 3. The second kappa shape index (κ2) is 5.36. The zero-order valence-corrected chi connectivity index (χ0v) is 11.9. The molecule has 1 aliphatic heterocycles. The van der Waals surface area contributed by atoms with Gasteiger partial charge in [-0.05, 0) is 26.8 Å². The Balaban J connectivity index is 2.71. The average molecular weight is 241 g/mol. The molecule has 2 N–H and O–H groups in total. The van der Waals surface area contributed by atoms with Crippen LogP contribution in [-0.2, 0) is 4.79 Å². The van der Waals surface area contributed by atoms with Crippen molar-refractivity contribution in [1.29, 1.82) is 0 Å². The van der Waals surface area contributed by atoms with Crippen molar-refractivity contribution in [3.63, 3.8) is 0 Å². The van der Waals surface area contributed by atoms with Gasteiger partial charge in [0.15, 0.2) is 0 Å². The number of likely N-dealkylation sites (N-methyl/N-ethyl adjacent to an activating group) is 1. The fourth-order valence-electron chi connectivity index (χ4n) is 2.32. The molecule has 4 nitrogen and oxygen atoms in total. The largest absolute Gasteiger partial charge is 0.339 e. The van der Waals surface area contributed by atoms with Crippen LogP contribution in [-0.4, -0.2) is 54.5 Å². The highest BCUT2D eigenvalue weighted by Crippen LogP contribution is 2.22. The van der Waals surface area contributed by atoms with E-state index in [9.17, 15) is 4.79 Å². The first-order valence-electron chi connectivity index (χ1n) is 6.49. The van der Waals surface area contributed by atoms with Gasteiger partial charge in [0.1, 0.15) is 0 Å². The summed E-state index contributed by atoms with van der Waals surface area (Å²) in [5.74, 6) is 0.508. The molecule has 17 heavy (non-hydrogen) atoms. The highest BCUT2D eigenvalue weighted by molar-refractivity contribution is 5.79. The van der Waals surface area contributed by atoms with Crippen molar-refractivity contribution in [3.8, 4) is 0 Å². The van der Waals surface area contributed by atoms with E-state index in [4.69, 9.17) is 5.73 Å². The van der Waals surface area contributed by atoms with E-state index in [2.05, 4.69) is 39.6 Å². The normalized spacial score (nSPS) is 22.9. The van der Waals surface area contributed by atoms with Gasteiger partial charge in [-0.25, -0.2) is 0 Å². The van der Waals surface area contributed by atoms with Crippen molar-refractivity contribution in [2.24, 2.45) is 17.6 Å². The van der Waals surface area contributed by atoms with E-state index in [1.807, 2.05) is 4.90 Å². The Morgan fingerprint density at radius 3 is 2.35 bits per heavy atom. The Morgan fingerprint density at radius 1 is 1.35 bits per heavy atom. The van der Waals surface area contributed by atoms with Gasteiger partial charge in [-0.1, -0.05) is 13.8 Å². The van der Waals surface area contributed by atoms with E-state index in [0.717, 1.165) is 19.6 Å². The molecule has 100 valence electrons. The summed E-state index contributed by atoms with van der Waals surface area (Å²) in [5, 5.41) is 0. The predicted octanol–water partition coefficient (Wildman–Crippen LogP) is 0.770. The highest BCUT2D eigenvalue weighted by atomic mass is 16.2. The van der Waals surface area contributed by atoms with E-state index in [0.29, 0.717) is 12.5 Å². The molecule has 0 aromatic heterocycles. The van der Waals surface area contributed by atoms with Crippen molar-refractivity contribution in [3.05, 3.63) is 0 Å². The Kier molecular flexibility index (Phi) is 4.55. The van der Waals surface area contributed by atoms with Crippen molar-refractivity contribution < 1.29 is 4.79 Å². The minimum Gasteiger partial charge on any atom is -0.339 e. The summed E-state index contributed by atoms with van der Waals surface area (Å²) in [5.41, 5.74) is 5.78. The van der Waals surface area contributed by atoms with E-state index >= 15 is 0 Å². The topological polar surface area (TPSA) is 49.6 Å². The first-order valence-corrected chi connectivity index (χ1v) is 6.49. The summed E-state index contributed by atoms with van der Waals surface area (Å²) < 4.78 is 0. The SMILES string of the molecule is CC(C)C(CN)C(=O)N1CCN(C)C(C)(C)C1. The van der Waals surface area contributed by atoms with Gasteiger partial charge in [-0.3, -0.25) is 9.69 Å². The fourth-order valence-corrected chi connectivity index (χ4v) is 2.32. The molecule has 0 aromatic carbocycles. The number of carbonyl (C=O) groups excluding carboxylic acids is 1. The first-order chi connectivity index (χ1) is 7.79. The smallest absolute Gasteiger partial charge is 0.227 e. The van der Waals surface area contributed by atoms with Gasteiger partial charge >= 0.3 is 0 Å². The van der Waals surface area contributed by atoms with Crippen molar-refractivity contribution in [2.75, 3.05) is 33.2 Å². The second-order valence-corrected chi connectivity index (χ2v) is 6.08. The van der Waals surface area contributed by atoms with Gasteiger partial charge in [0.25, 0.3) is 0 Å². The number of piperazine rings is 1. The van der Waals surface area contributed by atoms with E-state index in [1.54, 1.807) is 0 Å². The van der Waals surface area contributed by atoms with Crippen molar-refractivity contribution in [2.45, 2.75) is 33.2 Å². The lowest BCUT2D eigenvalue weighted by atomic mass is 9.92. The van der Waals surface area contributed by atoms with Crippen LogP contribution in [0.1, 0.15) is 27.7 Å². The highest BCUT2D eigenvalue weighted by Gasteiger charge is 2.35. The van der Waals surface area contributed by atoms with Crippen LogP contribution in [0.4, 0.5) is 0 Å². The number of carbonyl (C=O) groups is 1. The third kappa shape index (κ3) is 3.19. The summed E-state index contributed by atoms with van der Waals surface area (Å²) in [6, 6.07) is 0. The molecule has 1 rings (SSSR count). The molecule has 1 amide bonds. The molecule has 4 heteroatoms. The molecule has 1 saturated heterocycles. The van der Waals surface area contributed by atoms with E-state index < -0.39 is 0 Å². The lowest BCUT2D eigenvalue weighted by Gasteiger charge is -2.46. The Hall–Kier alpha value is -0.610. The number of hydrogen-bond acceptors (Lipinski definition) is 3. The summed E-state index contributed by atoms with van der Waals surface area (Å²) in [4.78, 5) is 16.7. The first kappa shape index (κ1) is 14.5. The maximum Gasteiger partial charge on any atom is 0.227 e. The molecule has 1 fully saturated rings. The molecule has 1 atom stereocenters. The lowest BCUT2D eigenvalue weighted by Crippen LogP contribution is -2.60. The molecule has 0 radical (unpaired) electrons. The monoisotopic (exact) mass is 241 g/mol. The maximum absolute atomic E-state index is 12.4. The average Bonchev–Trinajstić information content (AvgIpc) is 2.22. The Bertz CT molecular complexity index is 276. The minimum absolute atomic E-state index is 0.0331. The molecule has 1 heterocycles. The predicted molar refractivity (Wildman–Crippen MR) is 70.7 cm³/mol. The van der Waals surface area contributed by atoms with Crippen LogP contribution in [0.3, 0.4) is 0 Å². The summed E-state index contributed by atoms with van der Waals surface area (Å²) in [6.07, 6.45) is 0. The molecule has 0 spiro atoms. The number of nitrogens with zero attached hydrogens (tertiary/aromatic N) is 2. The Labute approximate surface area is 105 Å². The van der Waals surface area contributed by atoms with Crippen LogP contribution >= 0.6 is 0 Å². The molecular weight excluding hydrogens is 214 g/mol. The Morgan fingerprint density at radius 2 is 1.94 bits per heavy atom. The van der Waals surface area contributed by atoms with Gasteiger partial charge in [-0.2, -0.15) is 0 Å². The van der Waals surface area contributed by atoms with Crippen molar-refractivity contribution >= 4 is 5.91 Å².